The Kier molecular flexibility index (Phi) is 7.95. The lowest BCUT2D eigenvalue weighted by molar-refractivity contribution is -0.327. The fourth-order valence-electron chi connectivity index (χ4n) is 11.6. The molecule has 8 heteroatoms. The van der Waals surface area contributed by atoms with E-state index < -0.39 is 53.7 Å². The Labute approximate surface area is 263 Å². The van der Waals surface area contributed by atoms with Crippen molar-refractivity contribution in [3.63, 3.8) is 0 Å². The van der Waals surface area contributed by atoms with Gasteiger partial charge in [-0.2, -0.15) is 0 Å². The molecule has 1 saturated heterocycles. The van der Waals surface area contributed by atoms with E-state index in [4.69, 9.17) is 9.47 Å². The first-order valence-electron chi connectivity index (χ1n) is 17.1. The fourth-order valence-corrected chi connectivity index (χ4v) is 11.6. The highest BCUT2D eigenvalue weighted by Gasteiger charge is 2.69. The molecule has 6 N–H and O–H groups in total. The first-order valence-corrected chi connectivity index (χ1v) is 17.1. The van der Waals surface area contributed by atoms with Crippen molar-refractivity contribution in [2.45, 2.75) is 143 Å². The van der Waals surface area contributed by atoms with Crippen LogP contribution in [0.15, 0.2) is 23.3 Å². The Morgan fingerprint density at radius 3 is 2.23 bits per heavy atom. The van der Waals surface area contributed by atoms with Crippen LogP contribution in [0.25, 0.3) is 0 Å². The van der Waals surface area contributed by atoms with Gasteiger partial charge in [0.25, 0.3) is 0 Å². The summed E-state index contributed by atoms with van der Waals surface area (Å²) < 4.78 is 12.3. The molecule has 3 saturated carbocycles. The van der Waals surface area contributed by atoms with Gasteiger partial charge in [-0.05, 0) is 91.9 Å². The predicted octanol–water partition coefficient (Wildman–Crippen LogP) is 3.86. The van der Waals surface area contributed by atoms with Crippen molar-refractivity contribution in [3.8, 4) is 0 Å². The van der Waals surface area contributed by atoms with Crippen molar-refractivity contribution in [1.82, 2.24) is 0 Å². The van der Waals surface area contributed by atoms with Gasteiger partial charge < -0.3 is 40.1 Å². The Morgan fingerprint density at radius 1 is 0.864 bits per heavy atom. The molecular formula is C36H58O8. The second-order valence-electron chi connectivity index (χ2n) is 17.5. The molecule has 14 atom stereocenters. The van der Waals surface area contributed by atoms with Crippen molar-refractivity contribution in [3.05, 3.63) is 23.3 Å². The zero-order chi connectivity index (χ0) is 32.3. The van der Waals surface area contributed by atoms with Crippen molar-refractivity contribution in [2.24, 2.45) is 44.3 Å². The van der Waals surface area contributed by atoms with Gasteiger partial charge in [-0.3, -0.25) is 0 Å². The van der Waals surface area contributed by atoms with Crippen LogP contribution >= 0.6 is 0 Å². The normalized spacial score (nSPS) is 55.1. The molecule has 0 radical (unpaired) electrons. The largest absolute Gasteiger partial charge is 0.396 e. The molecule has 6 aliphatic rings. The van der Waals surface area contributed by atoms with E-state index >= 15 is 0 Å². The number of hydrogen-bond acceptors (Lipinski definition) is 8. The quantitative estimate of drug-likeness (QED) is 0.261. The van der Waals surface area contributed by atoms with Crippen LogP contribution in [0.5, 0.6) is 0 Å². The fraction of sp³-hybridized carbons (Fsp3) is 0.889. The van der Waals surface area contributed by atoms with E-state index in [0.717, 1.165) is 38.5 Å². The van der Waals surface area contributed by atoms with Crippen LogP contribution in [-0.2, 0) is 9.47 Å². The van der Waals surface area contributed by atoms with Crippen molar-refractivity contribution in [2.75, 3.05) is 13.2 Å². The van der Waals surface area contributed by atoms with Gasteiger partial charge >= 0.3 is 0 Å². The standard InChI is InChI=1S/C36H58O8/c1-20-27(40)28(41)29(42)30(43-20)44-26-11-12-32(4)23(33(26,5)18-37)10-13-34(6)24(32)9-8-21-22-16-31(2,3)14-15-36(22,19-38)25(39)17-35(21,34)7/h8-9,20,23-30,37-42H,10-19H2,1-7H3/t20-,23?,24?,25+,26-,27+,28+,29-,30+,32+,33-,34-,35-,36-/m1/s1. The molecule has 1 heterocycles. The zero-order valence-corrected chi connectivity index (χ0v) is 27.9. The Bertz CT molecular complexity index is 1200. The molecule has 0 spiro atoms. The third-order valence-electron chi connectivity index (χ3n) is 14.7. The van der Waals surface area contributed by atoms with Gasteiger partial charge in [0.2, 0.25) is 0 Å². The number of rotatable bonds is 4. The average Bonchev–Trinajstić information content (AvgIpc) is 2.96. The lowest BCUT2D eigenvalue weighted by Crippen LogP contribution is -2.66. The molecule has 250 valence electrons. The van der Waals surface area contributed by atoms with Gasteiger partial charge in [-0.25, -0.2) is 0 Å². The number of aliphatic hydroxyl groups excluding tert-OH is 6. The molecule has 1 aliphatic heterocycles. The second kappa shape index (κ2) is 10.6. The average molecular weight is 619 g/mol. The van der Waals surface area contributed by atoms with E-state index in [2.05, 4.69) is 53.7 Å². The number of hydrogen-bond donors (Lipinski definition) is 6. The minimum atomic E-state index is -1.38. The molecule has 0 aromatic carbocycles. The van der Waals surface area contributed by atoms with E-state index in [1.165, 1.54) is 11.1 Å². The van der Waals surface area contributed by atoms with Gasteiger partial charge in [-0.1, -0.05) is 59.3 Å². The lowest BCUT2D eigenvalue weighted by atomic mass is 9.35. The highest BCUT2D eigenvalue weighted by molar-refractivity contribution is 5.47. The summed E-state index contributed by atoms with van der Waals surface area (Å²) in [6.07, 6.45) is 4.77. The molecule has 5 aliphatic carbocycles. The maximum absolute atomic E-state index is 11.9. The van der Waals surface area contributed by atoms with Gasteiger partial charge in [-0.15, -0.1) is 0 Å². The topological polar surface area (TPSA) is 140 Å². The van der Waals surface area contributed by atoms with Gasteiger partial charge in [0.05, 0.1) is 31.5 Å². The van der Waals surface area contributed by atoms with Crippen LogP contribution < -0.4 is 0 Å². The van der Waals surface area contributed by atoms with Crippen LogP contribution in [0.1, 0.15) is 99.8 Å². The van der Waals surface area contributed by atoms with E-state index in [1.54, 1.807) is 6.92 Å². The van der Waals surface area contributed by atoms with Gasteiger partial charge in [0.1, 0.15) is 18.3 Å². The highest BCUT2D eigenvalue weighted by atomic mass is 16.7. The van der Waals surface area contributed by atoms with Crippen molar-refractivity contribution >= 4 is 0 Å². The van der Waals surface area contributed by atoms with E-state index in [0.29, 0.717) is 12.8 Å². The maximum Gasteiger partial charge on any atom is 0.186 e. The summed E-state index contributed by atoms with van der Waals surface area (Å²) in [7, 11) is 0. The maximum atomic E-state index is 11.9. The molecule has 0 amide bonds. The molecule has 0 aromatic heterocycles. The summed E-state index contributed by atoms with van der Waals surface area (Å²) in [5.41, 5.74) is 1.04. The molecule has 0 bridgehead atoms. The highest BCUT2D eigenvalue weighted by Crippen LogP contribution is 2.74. The first-order chi connectivity index (χ1) is 20.4. The number of allylic oxidation sites excluding steroid dienone is 3. The summed E-state index contributed by atoms with van der Waals surface area (Å²) in [5.74, 6) is 0.348. The third kappa shape index (κ3) is 4.31. The zero-order valence-electron chi connectivity index (χ0n) is 27.9. The smallest absolute Gasteiger partial charge is 0.186 e. The van der Waals surface area contributed by atoms with Crippen LogP contribution in [0.4, 0.5) is 0 Å². The van der Waals surface area contributed by atoms with Gasteiger partial charge in [0, 0.05) is 16.2 Å². The Balaban J connectivity index is 1.36. The Morgan fingerprint density at radius 2 is 1.57 bits per heavy atom. The molecule has 6 rings (SSSR count). The lowest BCUT2D eigenvalue weighted by Gasteiger charge is -2.70. The SMILES string of the molecule is C[C@H]1O[C@@H](O[C@@H]2CC[C@@]3(C)C(CC[C@]4(C)C3C=CC3=C5CC(C)(C)CC[C@]5(CO)[C@@H](O)C[C@]34C)[C@@]2(C)CO)[C@H](O)[C@@H](O)[C@H]1O. The summed E-state index contributed by atoms with van der Waals surface area (Å²) in [6, 6.07) is 0. The first kappa shape index (κ1) is 33.1. The summed E-state index contributed by atoms with van der Waals surface area (Å²) in [4.78, 5) is 0. The second-order valence-corrected chi connectivity index (χ2v) is 17.5. The predicted molar refractivity (Wildman–Crippen MR) is 166 cm³/mol. The van der Waals surface area contributed by atoms with Crippen LogP contribution in [-0.4, -0.2) is 86.8 Å². The summed E-state index contributed by atoms with van der Waals surface area (Å²) >= 11 is 0. The van der Waals surface area contributed by atoms with E-state index in [9.17, 15) is 30.6 Å². The summed E-state index contributed by atoms with van der Waals surface area (Å²) in [5, 5.41) is 65.0. The van der Waals surface area contributed by atoms with Crippen molar-refractivity contribution < 1.29 is 40.1 Å². The van der Waals surface area contributed by atoms with E-state index in [-0.39, 0.29) is 46.7 Å². The molecule has 4 fully saturated rings. The third-order valence-corrected chi connectivity index (χ3v) is 14.7. The molecule has 2 unspecified atom stereocenters. The van der Waals surface area contributed by atoms with Crippen molar-refractivity contribution in [1.29, 1.82) is 0 Å². The van der Waals surface area contributed by atoms with Crippen LogP contribution in [0.3, 0.4) is 0 Å². The van der Waals surface area contributed by atoms with Gasteiger partial charge in [0.15, 0.2) is 6.29 Å². The van der Waals surface area contributed by atoms with Crippen LogP contribution in [0, 0.1) is 44.3 Å². The summed E-state index contributed by atoms with van der Waals surface area (Å²) in [6.45, 7) is 15.4. The minimum absolute atomic E-state index is 0.0165. The van der Waals surface area contributed by atoms with E-state index in [1.807, 2.05) is 0 Å². The molecule has 44 heavy (non-hydrogen) atoms. The molecular weight excluding hydrogens is 560 g/mol. The molecule has 8 nitrogen and oxygen atoms in total. The number of ether oxygens (including phenoxy) is 2. The molecule has 0 aromatic rings. The number of fused-ring (bicyclic) bond motifs is 6. The number of aliphatic hydroxyl groups is 6. The minimum Gasteiger partial charge on any atom is -0.396 e. The monoisotopic (exact) mass is 618 g/mol. The Hall–Kier alpha value is -0.840. The van der Waals surface area contributed by atoms with Crippen LogP contribution in [0.2, 0.25) is 0 Å².